The van der Waals surface area contributed by atoms with E-state index in [1.807, 2.05) is 20.8 Å². The summed E-state index contributed by atoms with van der Waals surface area (Å²) in [5.41, 5.74) is 2.35. The van der Waals surface area contributed by atoms with Crippen molar-refractivity contribution in [2.75, 3.05) is 13.2 Å². The molecular formula is C19H27F3IN5O2. The van der Waals surface area contributed by atoms with Crippen LogP contribution in [0.3, 0.4) is 0 Å². The Hall–Kier alpha value is -2.05. The zero-order valence-corrected chi connectivity index (χ0v) is 19.5. The largest absolute Gasteiger partial charge is 0.468 e. The first-order chi connectivity index (χ1) is 13.9. The molecule has 2 N–H and O–H groups in total. The minimum absolute atomic E-state index is 0. The van der Waals surface area contributed by atoms with E-state index < -0.39 is 12.8 Å². The number of hydrogen-bond donors (Lipinski definition) is 2. The van der Waals surface area contributed by atoms with E-state index >= 15 is 0 Å². The van der Waals surface area contributed by atoms with Gasteiger partial charge < -0.3 is 19.9 Å². The summed E-state index contributed by atoms with van der Waals surface area (Å²) >= 11 is 0. The summed E-state index contributed by atoms with van der Waals surface area (Å²) in [7, 11) is 0. The van der Waals surface area contributed by atoms with Gasteiger partial charge in [0.2, 0.25) is 5.88 Å². The van der Waals surface area contributed by atoms with Gasteiger partial charge in [-0.25, -0.2) is 9.98 Å². The van der Waals surface area contributed by atoms with Crippen LogP contribution in [0.5, 0.6) is 5.88 Å². The van der Waals surface area contributed by atoms with Crippen molar-refractivity contribution in [3.63, 3.8) is 0 Å². The van der Waals surface area contributed by atoms with Crippen molar-refractivity contribution in [2.24, 2.45) is 4.99 Å². The van der Waals surface area contributed by atoms with Crippen LogP contribution in [0.15, 0.2) is 27.8 Å². The lowest BCUT2D eigenvalue weighted by molar-refractivity contribution is -0.154. The molecule has 0 aliphatic rings. The molecule has 0 fully saturated rings. The molecule has 2 aromatic rings. The summed E-state index contributed by atoms with van der Waals surface area (Å²) in [5, 5.41) is 10.4. The van der Waals surface area contributed by atoms with Gasteiger partial charge in [0.05, 0.1) is 12.2 Å². The Labute approximate surface area is 190 Å². The fraction of sp³-hybridized carbons (Fsp3) is 0.526. The van der Waals surface area contributed by atoms with Gasteiger partial charge in [-0.3, -0.25) is 0 Å². The lowest BCUT2D eigenvalue weighted by atomic mass is 10.1. The third-order valence-corrected chi connectivity index (χ3v) is 4.01. The molecule has 0 atom stereocenters. The van der Waals surface area contributed by atoms with Crippen LogP contribution in [0, 0.1) is 0 Å². The molecule has 0 saturated heterocycles. The molecule has 0 unspecified atom stereocenters. The highest BCUT2D eigenvalue weighted by molar-refractivity contribution is 14.0. The van der Waals surface area contributed by atoms with Crippen molar-refractivity contribution in [3.8, 4) is 5.88 Å². The lowest BCUT2D eigenvalue weighted by Crippen LogP contribution is -2.37. The molecule has 0 aliphatic heterocycles. The molecule has 30 heavy (non-hydrogen) atoms. The number of rotatable bonds is 9. The van der Waals surface area contributed by atoms with E-state index in [2.05, 4.69) is 25.8 Å². The summed E-state index contributed by atoms with van der Waals surface area (Å²) in [6.07, 6.45) is -1.56. The highest BCUT2D eigenvalue weighted by atomic mass is 127. The smallest absolute Gasteiger partial charge is 0.422 e. The van der Waals surface area contributed by atoms with Gasteiger partial charge in [-0.2, -0.15) is 13.2 Å². The van der Waals surface area contributed by atoms with E-state index in [1.54, 1.807) is 12.1 Å². The van der Waals surface area contributed by atoms with Gasteiger partial charge in [0.15, 0.2) is 12.6 Å². The maximum Gasteiger partial charge on any atom is 0.422 e. The van der Waals surface area contributed by atoms with Crippen LogP contribution in [0.4, 0.5) is 13.2 Å². The Morgan fingerprint density at radius 2 is 1.97 bits per heavy atom. The number of pyridine rings is 1. The Morgan fingerprint density at radius 3 is 2.60 bits per heavy atom. The number of alkyl halides is 3. The van der Waals surface area contributed by atoms with Crippen molar-refractivity contribution >= 4 is 29.9 Å². The quantitative estimate of drug-likeness (QED) is 0.284. The molecule has 2 heterocycles. The van der Waals surface area contributed by atoms with Crippen molar-refractivity contribution < 1.29 is 22.4 Å². The van der Waals surface area contributed by atoms with Gasteiger partial charge in [-0.05, 0) is 19.4 Å². The van der Waals surface area contributed by atoms with Crippen LogP contribution in [-0.2, 0) is 25.9 Å². The molecular weight excluding hydrogens is 514 g/mol. The number of aliphatic imine (C=N–C) groups is 1. The molecule has 7 nitrogen and oxygen atoms in total. The predicted octanol–water partition coefficient (Wildman–Crippen LogP) is 4.01. The van der Waals surface area contributed by atoms with Crippen LogP contribution in [-0.4, -0.2) is 35.4 Å². The molecule has 168 valence electrons. The molecule has 2 aromatic heterocycles. The van der Waals surface area contributed by atoms with Crippen molar-refractivity contribution in [1.82, 2.24) is 20.8 Å². The van der Waals surface area contributed by atoms with E-state index in [9.17, 15) is 13.2 Å². The van der Waals surface area contributed by atoms with E-state index in [0.29, 0.717) is 24.6 Å². The first-order valence-electron chi connectivity index (χ1n) is 9.49. The molecule has 0 spiro atoms. The van der Waals surface area contributed by atoms with Gasteiger partial charge in [-0.15, -0.1) is 24.0 Å². The monoisotopic (exact) mass is 541 g/mol. The minimum atomic E-state index is -4.43. The number of aromatic nitrogens is 2. The zero-order chi connectivity index (χ0) is 21.3. The fourth-order valence-electron chi connectivity index (χ4n) is 2.64. The number of halogens is 4. The number of ether oxygens (including phenoxy) is 1. The minimum Gasteiger partial charge on any atom is -0.468 e. The summed E-state index contributed by atoms with van der Waals surface area (Å²) in [6.45, 7) is 5.74. The first kappa shape index (κ1) is 26.0. The fourth-order valence-corrected chi connectivity index (χ4v) is 2.64. The maximum absolute atomic E-state index is 12.4. The molecule has 11 heteroatoms. The third kappa shape index (κ3) is 8.00. The molecule has 0 bridgehead atoms. The number of nitrogens with one attached hydrogen (secondary N) is 2. The van der Waals surface area contributed by atoms with Crippen molar-refractivity contribution in [1.29, 1.82) is 0 Å². The molecule has 2 rings (SSSR count). The van der Waals surface area contributed by atoms with Crippen LogP contribution in [0.2, 0.25) is 0 Å². The van der Waals surface area contributed by atoms with Gasteiger partial charge in [0.25, 0.3) is 0 Å². The van der Waals surface area contributed by atoms with E-state index in [4.69, 9.17) is 9.26 Å². The van der Waals surface area contributed by atoms with Gasteiger partial charge in [0.1, 0.15) is 5.76 Å². The van der Waals surface area contributed by atoms with Crippen LogP contribution in [0.1, 0.15) is 43.4 Å². The van der Waals surface area contributed by atoms with Gasteiger partial charge in [-0.1, -0.05) is 25.1 Å². The number of aryl methyl sites for hydroxylation is 2. The Morgan fingerprint density at radius 1 is 1.20 bits per heavy atom. The molecule has 0 saturated carbocycles. The van der Waals surface area contributed by atoms with Gasteiger partial charge in [0, 0.05) is 36.8 Å². The standard InChI is InChI=1S/C19H26F3N5O2.HI/c1-4-15-14(16(5-2)29-27-15)11-26-18(23-6-3)25-10-13-8-7-9-24-17(13)28-12-19(20,21)22;/h7-9H,4-6,10-12H2,1-3H3,(H2,23,25,26);1H. The van der Waals surface area contributed by atoms with Gasteiger partial charge >= 0.3 is 6.18 Å². The second kappa shape index (κ2) is 12.6. The van der Waals surface area contributed by atoms with Crippen LogP contribution < -0.4 is 15.4 Å². The predicted molar refractivity (Wildman–Crippen MR) is 118 cm³/mol. The molecule has 0 radical (unpaired) electrons. The summed E-state index contributed by atoms with van der Waals surface area (Å²) in [6, 6.07) is 3.26. The maximum atomic E-state index is 12.4. The number of guanidine groups is 1. The van der Waals surface area contributed by atoms with Crippen LogP contribution in [0.25, 0.3) is 0 Å². The first-order valence-corrected chi connectivity index (χ1v) is 9.49. The SMILES string of the molecule is CCNC(=NCc1cccnc1OCC(F)(F)F)NCc1c(CC)noc1CC.I. The Kier molecular flexibility index (Phi) is 10.9. The van der Waals surface area contributed by atoms with Crippen molar-refractivity contribution in [3.05, 3.63) is 40.9 Å². The van der Waals surface area contributed by atoms with Crippen molar-refractivity contribution in [2.45, 2.75) is 52.9 Å². The van der Waals surface area contributed by atoms with E-state index in [-0.39, 0.29) is 36.4 Å². The average molecular weight is 541 g/mol. The topological polar surface area (TPSA) is 84.6 Å². The number of hydrogen-bond acceptors (Lipinski definition) is 5. The van der Waals surface area contributed by atoms with Crippen LogP contribution >= 0.6 is 24.0 Å². The molecule has 0 amide bonds. The summed E-state index contributed by atoms with van der Waals surface area (Å²) < 4.78 is 47.5. The Bertz CT molecular complexity index is 790. The summed E-state index contributed by atoms with van der Waals surface area (Å²) in [4.78, 5) is 8.33. The van der Waals surface area contributed by atoms with E-state index in [0.717, 1.165) is 29.9 Å². The molecule has 0 aliphatic carbocycles. The average Bonchev–Trinajstić information content (AvgIpc) is 3.10. The second-order valence-corrected chi connectivity index (χ2v) is 6.16. The van der Waals surface area contributed by atoms with E-state index in [1.165, 1.54) is 6.20 Å². The summed E-state index contributed by atoms with van der Waals surface area (Å²) in [5.74, 6) is 1.26. The molecule has 0 aromatic carbocycles. The Balaban J connectivity index is 0.00000450. The highest BCUT2D eigenvalue weighted by Gasteiger charge is 2.29. The second-order valence-electron chi connectivity index (χ2n) is 6.16. The highest BCUT2D eigenvalue weighted by Crippen LogP contribution is 2.20. The lowest BCUT2D eigenvalue weighted by Gasteiger charge is -2.13. The normalized spacial score (nSPS) is 11.7. The number of nitrogens with zero attached hydrogens (tertiary/aromatic N) is 3. The third-order valence-electron chi connectivity index (χ3n) is 4.01. The zero-order valence-electron chi connectivity index (χ0n) is 17.2.